The lowest BCUT2D eigenvalue weighted by atomic mass is 9.93. The highest BCUT2D eigenvalue weighted by molar-refractivity contribution is 5.85. The smallest absolute Gasteiger partial charge is 0.349 e. The van der Waals surface area contributed by atoms with Crippen LogP contribution in [0.5, 0.6) is 0 Å². The van der Waals surface area contributed by atoms with Gasteiger partial charge in [-0.05, 0) is 25.0 Å². The monoisotopic (exact) mass is 341 g/mol. The van der Waals surface area contributed by atoms with Gasteiger partial charge in [0.2, 0.25) is 5.91 Å². The molecule has 0 radical (unpaired) electrons. The standard InChI is InChI=1S/C15H23N5O2.ClH/c1-3-15(4-2,11-16)17-13(21)8-10-20-14(22)19-9-6-5-7-12(19)18-20;/h5-7,9H,3-4,8,10-11,16H2,1-2H3,(H,17,21);1H. The number of amides is 1. The largest absolute Gasteiger partial charge is 0.350 e. The van der Waals surface area contributed by atoms with Crippen molar-refractivity contribution in [2.24, 2.45) is 5.73 Å². The highest BCUT2D eigenvalue weighted by Crippen LogP contribution is 2.13. The number of fused-ring (bicyclic) bond motifs is 1. The van der Waals surface area contributed by atoms with Gasteiger partial charge in [0.1, 0.15) is 0 Å². The third-order valence-corrected chi connectivity index (χ3v) is 4.19. The van der Waals surface area contributed by atoms with Crippen LogP contribution < -0.4 is 16.7 Å². The zero-order valence-electron chi connectivity index (χ0n) is 13.5. The number of rotatable bonds is 7. The summed E-state index contributed by atoms with van der Waals surface area (Å²) in [6, 6.07) is 5.34. The Labute approximate surface area is 141 Å². The van der Waals surface area contributed by atoms with Crippen LogP contribution in [0.25, 0.3) is 5.65 Å². The number of hydrogen-bond acceptors (Lipinski definition) is 4. The molecule has 0 saturated carbocycles. The summed E-state index contributed by atoms with van der Waals surface area (Å²) in [6.45, 7) is 4.66. The number of nitrogens with one attached hydrogen (secondary N) is 1. The molecule has 0 unspecified atom stereocenters. The molecular weight excluding hydrogens is 318 g/mol. The van der Waals surface area contributed by atoms with Crippen LogP contribution in [0.15, 0.2) is 29.2 Å². The molecule has 23 heavy (non-hydrogen) atoms. The van der Waals surface area contributed by atoms with Crippen LogP contribution in [-0.2, 0) is 11.3 Å². The first-order valence-corrected chi connectivity index (χ1v) is 7.60. The first-order valence-electron chi connectivity index (χ1n) is 7.60. The highest BCUT2D eigenvalue weighted by atomic mass is 35.5. The number of aryl methyl sites for hydroxylation is 1. The molecule has 2 heterocycles. The van der Waals surface area contributed by atoms with E-state index in [1.165, 1.54) is 9.08 Å². The maximum atomic E-state index is 12.1. The molecule has 128 valence electrons. The predicted octanol–water partition coefficient (Wildman–Crippen LogP) is 0.942. The van der Waals surface area contributed by atoms with Crippen LogP contribution in [0.3, 0.4) is 0 Å². The topological polar surface area (TPSA) is 94.4 Å². The van der Waals surface area contributed by atoms with Crippen molar-refractivity contribution in [3.63, 3.8) is 0 Å². The molecular formula is C15H24ClN5O2. The molecule has 8 heteroatoms. The molecule has 0 aliphatic heterocycles. The Hall–Kier alpha value is -1.86. The lowest BCUT2D eigenvalue weighted by molar-refractivity contribution is -0.123. The second-order valence-electron chi connectivity index (χ2n) is 5.42. The van der Waals surface area contributed by atoms with E-state index in [2.05, 4.69) is 10.4 Å². The molecule has 0 aliphatic rings. The van der Waals surface area contributed by atoms with Crippen LogP contribution in [0.2, 0.25) is 0 Å². The Bertz CT molecular complexity index is 697. The maximum absolute atomic E-state index is 12.1. The van der Waals surface area contributed by atoms with E-state index >= 15 is 0 Å². The fraction of sp³-hybridized carbons (Fsp3) is 0.533. The summed E-state index contributed by atoms with van der Waals surface area (Å²) in [5, 5.41) is 7.19. The first kappa shape index (κ1) is 19.2. The number of pyridine rings is 1. The summed E-state index contributed by atoms with van der Waals surface area (Å²) in [5.41, 5.74) is 5.75. The second kappa shape index (κ2) is 8.12. The van der Waals surface area contributed by atoms with Gasteiger partial charge in [-0.3, -0.25) is 9.20 Å². The molecule has 0 atom stereocenters. The number of halogens is 1. The fourth-order valence-electron chi connectivity index (χ4n) is 2.45. The van der Waals surface area contributed by atoms with Gasteiger partial charge in [-0.1, -0.05) is 19.9 Å². The number of carbonyl (C=O) groups excluding carboxylic acids is 1. The van der Waals surface area contributed by atoms with E-state index in [4.69, 9.17) is 5.73 Å². The number of nitrogens with zero attached hydrogens (tertiary/aromatic N) is 3. The summed E-state index contributed by atoms with van der Waals surface area (Å²) < 4.78 is 2.77. The van der Waals surface area contributed by atoms with Gasteiger partial charge in [-0.2, -0.15) is 0 Å². The Morgan fingerprint density at radius 2 is 2.04 bits per heavy atom. The second-order valence-corrected chi connectivity index (χ2v) is 5.42. The zero-order chi connectivity index (χ0) is 16.2. The molecule has 2 aromatic heterocycles. The van der Waals surface area contributed by atoms with Gasteiger partial charge in [0.05, 0.1) is 12.1 Å². The van der Waals surface area contributed by atoms with Crippen molar-refractivity contribution in [3.05, 3.63) is 34.9 Å². The van der Waals surface area contributed by atoms with E-state index in [1.54, 1.807) is 18.3 Å². The molecule has 0 saturated heterocycles. The van der Waals surface area contributed by atoms with Crippen molar-refractivity contribution in [1.29, 1.82) is 0 Å². The predicted molar refractivity (Wildman–Crippen MR) is 91.8 cm³/mol. The Kier molecular flexibility index (Phi) is 6.78. The summed E-state index contributed by atoms with van der Waals surface area (Å²) >= 11 is 0. The van der Waals surface area contributed by atoms with Crippen molar-refractivity contribution in [1.82, 2.24) is 19.5 Å². The molecule has 0 aromatic carbocycles. The van der Waals surface area contributed by atoms with Crippen LogP contribution in [0.4, 0.5) is 0 Å². The van der Waals surface area contributed by atoms with Gasteiger partial charge in [-0.25, -0.2) is 9.48 Å². The molecule has 3 N–H and O–H groups in total. The van der Waals surface area contributed by atoms with Crippen molar-refractivity contribution < 1.29 is 4.79 Å². The first-order chi connectivity index (χ1) is 10.5. The van der Waals surface area contributed by atoms with Crippen LogP contribution >= 0.6 is 12.4 Å². The normalized spacial score (nSPS) is 11.3. The summed E-state index contributed by atoms with van der Waals surface area (Å²) in [6.07, 6.45) is 3.42. The van der Waals surface area contributed by atoms with Crippen molar-refractivity contribution in [2.75, 3.05) is 6.54 Å². The summed E-state index contributed by atoms with van der Waals surface area (Å²) in [5.74, 6) is -0.113. The molecule has 2 rings (SSSR count). The number of nitrogens with two attached hydrogens (primary N) is 1. The number of hydrogen-bond donors (Lipinski definition) is 2. The average Bonchev–Trinajstić information content (AvgIpc) is 2.87. The molecule has 0 fully saturated rings. The Morgan fingerprint density at radius 3 is 2.61 bits per heavy atom. The third-order valence-electron chi connectivity index (χ3n) is 4.19. The number of aromatic nitrogens is 3. The minimum Gasteiger partial charge on any atom is -0.349 e. The molecule has 2 aromatic rings. The van der Waals surface area contributed by atoms with Gasteiger partial charge < -0.3 is 11.1 Å². The molecule has 0 bridgehead atoms. The van der Waals surface area contributed by atoms with Gasteiger partial charge in [0.15, 0.2) is 5.65 Å². The molecule has 0 aliphatic carbocycles. The van der Waals surface area contributed by atoms with Gasteiger partial charge in [-0.15, -0.1) is 17.5 Å². The Morgan fingerprint density at radius 1 is 1.35 bits per heavy atom. The quantitative estimate of drug-likeness (QED) is 0.783. The lowest BCUT2D eigenvalue weighted by Crippen LogP contribution is -2.53. The van der Waals surface area contributed by atoms with E-state index in [9.17, 15) is 9.59 Å². The van der Waals surface area contributed by atoms with E-state index in [0.717, 1.165) is 12.8 Å². The van der Waals surface area contributed by atoms with Crippen LogP contribution in [0, 0.1) is 0 Å². The molecule has 7 nitrogen and oxygen atoms in total. The lowest BCUT2D eigenvalue weighted by Gasteiger charge is -2.31. The molecule has 0 spiro atoms. The Balaban J connectivity index is 0.00000264. The highest BCUT2D eigenvalue weighted by Gasteiger charge is 2.26. The minimum absolute atomic E-state index is 0. The van der Waals surface area contributed by atoms with Gasteiger partial charge in [0.25, 0.3) is 0 Å². The van der Waals surface area contributed by atoms with E-state index in [-0.39, 0.29) is 42.5 Å². The summed E-state index contributed by atoms with van der Waals surface area (Å²) in [4.78, 5) is 24.2. The van der Waals surface area contributed by atoms with Crippen molar-refractivity contribution in [3.8, 4) is 0 Å². The number of carbonyl (C=O) groups is 1. The zero-order valence-corrected chi connectivity index (χ0v) is 14.3. The van der Waals surface area contributed by atoms with E-state index in [0.29, 0.717) is 12.2 Å². The van der Waals surface area contributed by atoms with Crippen LogP contribution in [0.1, 0.15) is 33.1 Å². The van der Waals surface area contributed by atoms with E-state index in [1.807, 2.05) is 19.9 Å². The summed E-state index contributed by atoms with van der Waals surface area (Å²) in [7, 11) is 0. The minimum atomic E-state index is -0.360. The molecule has 1 amide bonds. The third kappa shape index (κ3) is 4.11. The average molecular weight is 342 g/mol. The van der Waals surface area contributed by atoms with Gasteiger partial charge in [0, 0.05) is 19.2 Å². The van der Waals surface area contributed by atoms with Gasteiger partial charge >= 0.3 is 5.69 Å². The fourth-order valence-corrected chi connectivity index (χ4v) is 2.45. The van der Waals surface area contributed by atoms with Crippen molar-refractivity contribution in [2.45, 2.75) is 45.2 Å². The van der Waals surface area contributed by atoms with Crippen LogP contribution in [-0.4, -0.2) is 32.2 Å². The van der Waals surface area contributed by atoms with Crippen molar-refractivity contribution >= 4 is 24.0 Å². The maximum Gasteiger partial charge on any atom is 0.350 e. The SMILES string of the molecule is CCC(CC)(CN)NC(=O)CCn1nc2ccccn2c1=O.Cl. The van der Waals surface area contributed by atoms with E-state index < -0.39 is 0 Å².